The van der Waals surface area contributed by atoms with Crippen molar-refractivity contribution in [2.75, 3.05) is 4.90 Å². The Morgan fingerprint density at radius 3 is 1.53 bits per heavy atom. The third-order valence-corrected chi connectivity index (χ3v) is 28.6. The van der Waals surface area contributed by atoms with Crippen molar-refractivity contribution in [3.8, 4) is 0 Å². The summed E-state index contributed by atoms with van der Waals surface area (Å²) in [6.45, 7) is 2.89. The molecule has 14 fully saturated rings. The summed E-state index contributed by atoms with van der Waals surface area (Å²) in [5.41, 5.74) is 11.6. The van der Waals surface area contributed by atoms with Crippen molar-refractivity contribution in [2.45, 2.75) is 70.4 Å². The zero-order valence-electron chi connectivity index (χ0n) is 38.4. The monoisotopic (exact) mass is 855 g/mol. The number of anilines is 1. The molecule has 0 N–H and O–H groups in total. The molecule has 1 aliphatic heterocycles. The second-order valence-corrected chi connectivity index (χ2v) is 27.7. The SMILES string of the molecule is CC1N(c2ccccc2)C(c2ccc3ccc4cccc5ccc2c3c45)C23C4=C5CCC6C7CCC8C9CCC%10C%11CCC%12=C(C=C4)C12C1C%12C%11C2C%10C9C4C8C7C7C6C5C3C3C7C4C2C31. The van der Waals surface area contributed by atoms with E-state index in [1.165, 1.54) is 52.9 Å². The summed E-state index contributed by atoms with van der Waals surface area (Å²) in [5.74, 6) is 24.5. The average Bonchev–Trinajstić information content (AvgIpc) is 4.21. The maximum absolute atomic E-state index is 3.24. The summed E-state index contributed by atoms with van der Waals surface area (Å²) in [6, 6.07) is 35.6. The normalized spacial score (nSPS) is 58.4. The first kappa shape index (κ1) is 33.6. The molecule has 16 aliphatic carbocycles. The van der Waals surface area contributed by atoms with Gasteiger partial charge in [0.1, 0.15) is 0 Å². The zero-order chi connectivity index (χ0) is 41.5. The summed E-state index contributed by atoms with van der Waals surface area (Å²) < 4.78 is 0. The maximum atomic E-state index is 3.24. The third kappa shape index (κ3) is 2.78. The van der Waals surface area contributed by atoms with Gasteiger partial charge in [0.2, 0.25) is 0 Å². The molecule has 5 aromatic carbocycles. The number of nitrogens with zero attached hydrogens (tertiary/aromatic N) is 1. The molecule has 0 bridgehead atoms. The predicted molar refractivity (Wildman–Crippen MR) is 260 cm³/mol. The van der Waals surface area contributed by atoms with Gasteiger partial charge in [-0.1, -0.05) is 96.1 Å². The topological polar surface area (TPSA) is 3.24 Å². The highest BCUT2D eigenvalue weighted by molar-refractivity contribution is 6.23. The van der Waals surface area contributed by atoms with Gasteiger partial charge in [-0.05, 0) is 261 Å². The van der Waals surface area contributed by atoms with Gasteiger partial charge in [-0.2, -0.15) is 0 Å². The van der Waals surface area contributed by atoms with E-state index in [1.54, 1.807) is 42.0 Å². The Kier molecular flexibility index (Phi) is 5.07. The molecule has 1 nitrogen and oxygen atoms in total. The highest BCUT2D eigenvalue weighted by Gasteiger charge is 2.94. The van der Waals surface area contributed by atoms with Crippen molar-refractivity contribution in [1.82, 2.24) is 0 Å². The second kappa shape index (κ2) is 9.95. The molecule has 5 aromatic rings. The van der Waals surface area contributed by atoms with Gasteiger partial charge in [0.05, 0.1) is 6.04 Å². The third-order valence-electron chi connectivity index (χ3n) is 28.6. The Bertz CT molecular complexity index is 3290. The summed E-state index contributed by atoms with van der Waals surface area (Å²) >= 11 is 0. The van der Waals surface area contributed by atoms with Crippen molar-refractivity contribution in [1.29, 1.82) is 0 Å². The van der Waals surface area contributed by atoms with Gasteiger partial charge in [0.15, 0.2) is 0 Å². The van der Waals surface area contributed by atoms with Crippen LogP contribution in [0.25, 0.3) is 32.3 Å². The van der Waals surface area contributed by atoms with Crippen molar-refractivity contribution in [3.63, 3.8) is 0 Å². The van der Waals surface area contributed by atoms with E-state index in [4.69, 9.17) is 0 Å². The van der Waals surface area contributed by atoms with E-state index in [0.29, 0.717) is 12.1 Å². The second-order valence-electron chi connectivity index (χ2n) is 27.7. The van der Waals surface area contributed by atoms with Crippen LogP contribution in [0.3, 0.4) is 0 Å². The minimum atomic E-state index is 0.111. The van der Waals surface area contributed by atoms with Gasteiger partial charge < -0.3 is 4.90 Å². The van der Waals surface area contributed by atoms with Gasteiger partial charge in [0.25, 0.3) is 0 Å². The van der Waals surface area contributed by atoms with Crippen LogP contribution in [0.4, 0.5) is 5.69 Å². The molecule has 0 aromatic heterocycles. The Balaban J connectivity index is 0.926. The van der Waals surface area contributed by atoms with Crippen LogP contribution in [0.2, 0.25) is 0 Å². The lowest BCUT2D eigenvalue weighted by atomic mass is 9.33. The molecule has 13 saturated carbocycles. The van der Waals surface area contributed by atoms with Gasteiger partial charge in [-0.15, -0.1) is 0 Å². The number of hydrogen-bond acceptors (Lipinski definition) is 1. The first-order valence-corrected chi connectivity index (χ1v) is 28.4. The predicted octanol–water partition coefficient (Wildman–Crippen LogP) is 13.8. The zero-order valence-corrected chi connectivity index (χ0v) is 38.4. The van der Waals surface area contributed by atoms with Crippen molar-refractivity contribution < 1.29 is 0 Å². The molecule has 0 radical (unpaired) electrons. The Hall–Kier alpha value is -3.84. The number of allylic oxidation sites excluding steroid dienone is 4. The summed E-state index contributed by atoms with van der Waals surface area (Å²) in [7, 11) is 0. The summed E-state index contributed by atoms with van der Waals surface area (Å²) in [4.78, 5) is 3.24. The van der Waals surface area contributed by atoms with E-state index in [-0.39, 0.29) is 10.8 Å². The smallest absolute Gasteiger partial charge is 0.0661 e. The number of para-hydroxylation sites is 1. The highest BCUT2D eigenvalue weighted by Crippen LogP contribution is 2.97. The van der Waals surface area contributed by atoms with Gasteiger partial charge in [-0.3, -0.25) is 0 Å². The molecule has 22 rings (SSSR count). The fourth-order valence-electron chi connectivity index (χ4n) is 29.5. The number of fused-ring (bicyclic) bond motifs is 3. The molecular formula is C65H61N. The van der Waals surface area contributed by atoms with Crippen LogP contribution >= 0.6 is 0 Å². The van der Waals surface area contributed by atoms with Crippen LogP contribution < -0.4 is 4.90 Å². The van der Waals surface area contributed by atoms with Gasteiger partial charge in [-0.25, -0.2) is 0 Å². The minimum Gasteiger partial charge on any atom is -0.360 e. The lowest BCUT2D eigenvalue weighted by Gasteiger charge is -2.69. The number of rotatable bonds is 2. The first-order valence-electron chi connectivity index (χ1n) is 28.4. The summed E-state index contributed by atoms with van der Waals surface area (Å²) in [6.07, 6.45) is 18.4. The number of hydrogen-bond donors (Lipinski definition) is 0. The Morgan fingerprint density at radius 1 is 0.424 bits per heavy atom. The fourth-order valence-corrected chi connectivity index (χ4v) is 29.5. The first-order chi connectivity index (χ1) is 32.7. The fraction of sp³-hybridized carbons (Fsp3) is 0.569. The molecule has 1 heterocycles. The van der Waals surface area contributed by atoms with E-state index in [1.807, 2.05) is 11.1 Å². The average molecular weight is 856 g/mol. The van der Waals surface area contributed by atoms with Crippen LogP contribution in [0.5, 0.6) is 0 Å². The lowest BCUT2D eigenvalue weighted by Crippen LogP contribution is -2.68. The van der Waals surface area contributed by atoms with Crippen LogP contribution in [0.1, 0.15) is 69.9 Å². The van der Waals surface area contributed by atoms with E-state index in [0.717, 1.165) is 142 Å². The quantitative estimate of drug-likeness (QED) is 0.160. The minimum absolute atomic E-state index is 0.111. The molecule has 0 amide bonds. The van der Waals surface area contributed by atoms with Crippen LogP contribution in [0.15, 0.2) is 119 Å². The van der Waals surface area contributed by atoms with Crippen LogP contribution in [0, 0.1) is 153 Å². The number of benzene rings is 5. The van der Waals surface area contributed by atoms with E-state index in [9.17, 15) is 0 Å². The standard InChI is InChI=1S/C65H61N/c1-26-64-41-24-25-42-40-23-21-36-34-19-17-32-31-16-18-33-35-20-22-39(41)51-49(35)54-47(33)45(31)53-46(32)48(34)55-50(36)52(40)62(60-58(55)56(53)57(54)59(60)61(51)64)65(42,64)63(66(26)30-8-3-2-4-9-30)38-15-13-29-11-10-27-6-5-7-28-12-14-37(38)44(29)43(27)28/h2-15,24-26,31-36,45-63H,16-23H2,1H3. The molecule has 2 spiro atoms. The van der Waals surface area contributed by atoms with Gasteiger partial charge >= 0.3 is 0 Å². The molecule has 1 heteroatoms. The molecule has 1 saturated heterocycles. The van der Waals surface area contributed by atoms with Crippen molar-refractivity contribution in [2.24, 2.45) is 153 Å². The molecule has 28 unspecified atom stereocenters. The molecule has 326 valence electrons. The molecule has 28 atom stereocenters. The summed E-state index contributed by atoms with van der Waals surface area (Å²) in [5, 5.41) is 8.92. The van der Waals surface area contributed by atoms with Crippen LogP contribution in [-0.2, 0) is 0 Å². The lowest BCUT2D eigenvalue weighted by molar-refractivity contribution is -0.195. The van der Waals surface area contributed by atoms with Crippen molar-refractivity contribution in [3.05, 3.63) is 125 Å². The van der Waals surface area contributed by atoms with Crippen molar-refractivity contribution >= 4 is 38.0 Å². The highest BCUT2D eigenvalue weighted by atomic mass is 15.3. The molecule has 66 heavy (non-hydrogen) atoms. The van der Waals surface area contributed by atoms with Gasteiger partial charge in [0, 0.05) is 22.6 Å². The van der Waals surface area contributed by atoms with E-state index >= 15 is 0 Å². The van der Waals surface area contributed by atoms with E-state index < -0.39 is 0 Å². The molecular weight excluding hydrogens is 795 g/mol. The Labute approximate surface area is 389 Å². The Morgan fingerprint density at radius 2 is 0.909 bits per heavy atom. The largest absolute Gasteiger partial charge is 0.360 e. The maximum Gasteiger partial charge on any atom is 0.0661 e. The molecule has 17 aliphatic rings. The van der Waals surface area contributed by atoms with E-state index in [2.05, 4.69) is 120 Å². The van der Waals surface area contributed by atoms with Crippen LogP contribution in [-0.4, -0.2) is 6.04 Å².